The number of halogens is 3. The van der Waals surface area contributed by atoms with Crippen LogP contribution in [-0.4, -0.2) is 24.2 Å². The Labute approximate surface area is 77.2 Å². The highest BCUT2D eigenvalue weighted by molar-refractivity contribution is 5.79. The van der Waals surface area contributed by atoms with Gasteiger partial charge in [-0.15, -0.1) is 0 Å². The van der Waals surface area contributed by atoms with Gasteiger partial charge in [0.05, 0.1) is 0 Å². The van der Waals surface area contributed by atoms with E-state index in [0.29, 0.717) is 0 Å². The Bertz CT molecular complexity index is 257. The van der Waals surface area contributed by atoms with Crippen molar-refractivity contribution in [1.29, 1.82) is 0 Å². The van der Waals surface area contributed by atoms with E-state index in [4.69, 9.17) is 5.73 Å². The summed E-state index contributed by atoms with van der Waals surface area (Å²) in [5.74, 6) is -3.27. The molecule has 1 aliphatic carbocycles. The molecule has 14 heavy (non-hydrogen) atoms. The minimum atomic E-state index is -4.97. The smallest absolute Gasteiger partial charge is 0.456 e. The SMILES string of the molecule is NC(=O)C1CC(OC(=O)C(F)(F)F)C1. The normalized spacial score (nSPS) is 26.5. The summed E-state index contributed by atoms with van der Waals surface area (Å²) in [6.07, 6.45) is -5.65. The third-order valence-electron chi connectivity index (χ3n) is 2.00. The van der Waals surface area contributed by atoms with Crippen molar-refractivity contribution in [3.63, 3.8) is 0 Å². The summed E-state index contributed by atoms with van der Waals surface area (Å²) in [6.45, 7) is 0. The number of ether oxygens (including phenoxy) is 1. The lowest BCUT2D eigenvalue weighted by atomic mass is 9.82. The van der Waals surface area contributed by atoms with Gasteiger partial charge in [0.25, 0.3) is 0 Å². The Morgan fingerprint density at radius 1 is 1.29 bits per heavy atom. The lowest BCUT2D eigenvalue weighted by Gasteiger charge is -2.32. The molecule has 7 heteroatoms. The predicted octanol–water partition coefficient (Wildman–Crippen LogP) is 0.356. The van der Waals surface area contributed by atoms with Gasteiger partial charge in [-0.05, 0) is 12.8 Å². The van der Waals surface area contributed by atoms with Crippen LogP contribution in [0.25, 0.3) is 0 Å². The number of nitrogens with two attached hydrogens (primary N) is 1. The second kappa shape index (κ2) is 3.47. The van der Waals surface area contributed by atoms with Crippen LogP contribution in [0.5, 0.6) is 0 Å². The molecule has 4 nitrogen and oxygen atoms in total. The Balaban J connectivity index is 2.30. The first-order valence-corrected chi connectivity index (χ1v) is 3.88. The van der Waals surface area contributed by atoms with E-state index in [2.05, 4.69) is 4.74 Å². The highest BCUT2D eigenvalue weighted by Crippen LogP contribution is 2.31. The molecule has 0 saturated heterocycles. The summed E-state index contributed by atoms with van der Waals surface area (Å²) in [7, 11) is 0. The summed E-state index contributed by atoms with van der Waals surface area (Å²) < 4.78 is 39.0. The number of hydrogen-bond acceptors (Lipinski definition) is 3. The van der Waals surface area contributed by atoms with E-state index in [1.807, 2.05) is 0 Å². The van der Waals surface area contributed by atoms with Crippen molar-refractivity contribution in [2.24, 2.45) is 11.7 Å². The van der Waals surface area contributed by atoms with Crippen molar-refractivity contribution < 1.29 is 27.5 Å². The molecule has 80 valence electrons. The number of hydrogen-bond donors (Lipinski definition) is 1. The molecule has 1 fully saturated rings. The number of carbonyl (C=O) groups excluding carboxylic acids is 2. The lowest BCUT2D eigenvalue weighted by Crippen LogP contribution is -2.42. The maximum atomic E-state index is 11.7. The number of esters is 1. The van der Waals surface area contributed by atoms with Gasteiger partial charge < -0.3 is 10.5 Å². The largest absolute Gasteiger partial charge is 0.490 e. The summed E-state index contributed by atoms with van der Waals surface area (Å²) in [5, 5.41) is 0. The molecule has 0 aromatic rings. The molecule has 2 N–H and O–H groups in total. The van der Waals surface area contributed by atoms with Gasteiger partial charge in [-0.25, -0.2) is 4.79 Å². The van der Waals surface area contributed by atoms with E-state index in [9.17, 15) is 22.8 Å². The van der Waals surface area contributed by atoms with Gasteiger partial charge in [-0.2, -0.15) is 13.2 Å². The Morgan fingerprint density at radius 3 is 2.14 bits per heavy atom. The molecule has 0 radical (unpaired) electrons. The molecule has 0 heterocycles. The molecular formula is C7H8F3NO3. The van der Waals surface area contributed by atoms with Gasteiger partial charge >= 0.3 is 12.1 Å². The minimum absolute atomic E-state index is 0.0805. The number of rotatable bonds is 2. The second-order valence-corrected chi connectivity index (χ2v) is 3.10. The van der Waals surface area contributed by atoms with Crippen molar-refractivity contribution in [1.82, 2.24) is 0 Å². The third-order valence-corrected chi connectivity index (χ3v) is 2.00. The molecule has 1 rings (SSSR count). The van der Waals surface area contributed by atoms with Crippen LogP contribution in [-0.2, 0) is 14.3 Å². The number of amides is 1. The average molecular weight is 211 g/mol. The zero-order chi connectivity index (χ0) is 10.9. The molecule has 0 bridgehead atoms. The molecule has 0 atom stereocenters. The number of primary amides is 1. The van der Waals surface area contributed by atoms with Crippen LogP contribution in [0.4, 0.5) is 13.2 Å². The molecule has 1 aliphatic rings. The fourth-order valence-electron chi connectivity index (χ4n) is 1.11. The maximum Gasteiger partial charge on any atom is 0.490 e. The van der Waals surface area contributed by atoms with Crippen LogP contribution in [0.3, 0.4) is 0 Å². The van der Waals surface area contributed by atoms with Crippen LogP contribution in [0.2, 0.25) is 0 Å². The zero-order valence-corrected chi connectivity index (χ0v) is 7.00. The fraction of sp³-hybridized carbons (Fsp3) is 0.714. The summed E-state index contributed by atoms with van der Waals surface area (Å²) >= 11 is 0. The van der Waals surface area contributed by atoms with Gasteiger partial charge in [0, 0.05) is 5.92 Å². The van der Waals surface area contributed by atoms with Crippen LogP contribution >= 0.6 is 0 Å². The second-order valence-electron chi connectivity index (χ2n) is 3.10. The van der Waals surface area contributed by atoms with E-state index in [-0.39, 0.29) is 12.8 Å². The third kappa shape index (κ3) is 2.36. The van der Waals surface area contributed by atoms with Gasteiger partial charge in [-0.1, -0.05) is 0 Å². The molecular weight excluding hydrogens is 203 g/mol. The van der Waals surface area contributed by atoms with Crippen molar-refractivity contribution in [2.75, 3.05) is 0 Å². The molecule has 0 aromatic carbocycles. The highest BCUT2D eigenvalue weighted by atomic mass is 19.4. The van der Waals surface area contributed by atoms with E-state index in [1.54, 1.807) is 0 Å². The number of carbonyl (C=O) groups is 2. The quantitative estimate of drug-likeness (QED) is 0.670. The van der Waals surface area contributed by atoms with Crippen molar-refractivity contribution in [2.45, 2.75) is 25.1 Å². The average Bonchev–Trinajstić information content (AvgIpc) is 1.92. The van der Waals surface area contributed by atoms with E-state index < -0.39 is 30.1 Å². The van der Waals surface area contributed by atoms with Gasteiger partial charge in [-0.3, -0.25) is 4.79 Å². The van der Waals surface area contributed by atoms with Crippen LogP contribution < -0.4 is 5.73 Å². The summed E-state index contributed by atoms with van der Waals surface area (Å²) in [6, 6.07) is 0. The van der Waals surface area contributed by atoms with E-state index in [0.717, 1.165) is 0 Å². The highest BCUT2D eigenvalue weighted by Gasteiger charge is 2.45. The zero-order valence-electron chi connectivity index (χ0n) is 7.00. The molecule has 1 saturated carbocycles. The van der Waals surface area contributed by atoms with E-state index >= 15 is 0 Å². The first-order chi connectivity index (χ1) is 6.30. The topological polar surface area (TPSA) is 69.4 Å². The fourth-order valence-corrected chi connectivity index (χ4v) is 1.11. The van der Waals surface area contributed by atoms with Crippen molar-refractivity contribution in [3.05, 3.63) is 0 Å². The lowest BCUT2D eigenvalue weighted by molar-refractivity contribution is -0.210. The summed E-state index contributed by atoms with van der Waals surface area (Å²) in [5.41, 5.74) is 4.87. The number of alkyl halides is 3. The standard InChI is InChI=1S/C7H8F3NO3/c8-7(9,10)6(13)14-4-1-3(2-4)5(11)12/h3-4H,1-2H2,(H2,11,12). The van der Waals surface area contributed by atoms with E-state index in [1.165, 1.54) is 0 Å². The molecule has 0 aromatic heterocycles. The predicted molar refractivity (Wildman–Crippen MR) is 37.9 cm³/mol. The maximum absolute atomic E-state index is 11.7. The molecule has 0 unspecified atom stereocenters. The molecule has 1 amide bonds. The Morgan fingerprint density at radius 2 is 1.79 bits per heavy atom. The first kappa shape index (κ1) is 10.8. The first-order valence-electron chi connectivity index (χ1n) is 3.88. The van der Waals surface area contributed by atoms with Crippen LogP contribution in [0.1, 0.15) is 12.8 Å². The monoisotopic (exact) mass is 211 g/mol. The van der Waals surface area contributed by atoms with Crippen LogP contribution in [0.15, 0.2) is 0 Å². The van der Waals surface area contributed by atoms with Crippen molar-refractivity contribution in [3.8, 4) is 0 Å². The van der Waals surface area contributed by atoms with Gasteiger partial charge in [0.15, 0.2) is 0 Å². The van der Waals surface area contributed by atoms with Gasteiger partial charge in [0.1, 0.15) is 6.10 Å². The molecule has 0 aliphatic heterocycles. The molecule has 0 spiro atoms. The summed E-state index contributed by atoms with van der Waals surface area (Å²) in [4.78, 5) is 20.8. The van der Waals surface area contributed by atoms with Crippen LogP contribution in [0, 0.1) is 5.92 Å². The van der Waals surface area contributed by atoms with Crippen molar-refractivity contribution >= 4 is 11.9 Å². The Hall–Kier alpha value is -1.27. The Kier molecular flexibility index (Phi) is 2.68. The van der Waals surface area contributed by atoms with Gasteiger partial charge in [0.2, 0.25) is 5.91 Å². The minimum Gasteiger partial charge on any atom is -0.456 e.